The van der Waals surface area contributed by atoms with Crippen LogP contribution in [0.5, 0.6) is 0 Å². The van der Waals surface area contributed by atoms with Gasteiger partial charge in [-0.3, -0.25) is 4.79 Å². The van der Waals surface area contributed by atoms with Crippen LogP contribution in [0.4, 0.5) is 5.69 Å². The molecule has 0 spiro atoms. The first kappa shape index (κ1) is 13.4. The predicted molar refractivity (Wildman–Crippen MR) is 81.2 cm³/mol. The summed E-state index contributed by atoms with van der Waals surface area (Å²) in [6, 6.07) is 12.5. The number of nitrogens with zero attached hydrogens (tertiary/aromatic N) is 4. The van der Waals surface area contributed by atoms with Gasteiger partial charge >= 0.3 is 0 Å². The van der Waals surface area contributed by atoms with Gasteiger partial charge in [-0.1, -0.05) is 23.4 Å². The van der Waals surface area contributed by atoms with E-state index in [9.17, 15) is 4.79 Å². The number of hydrogen-bond acceptors (Lipinski definition) is 4. The molecule has 0 unspecified atom stereocenters. The minimum atomic E-state index is -0.288. The zero-order valence-corrected chi connectivity index (χ0v) is 12.4. The highest BCUT2D eigenvalue weighted by atomic mass is 79.9. The predicted octanol–water partition coefficient (Wildman–Crippen LogP) is 2.68. The quantitative estimate of drug-likeness (QED) is 0.742. The molecule has 3 rings (SSSR count). The van der Waals surface area contributed by atoms with Crippen molar-refractivity contribution in [3.05, 3.63) is 65.2 Å². The number of anilines is 1. The largest absolute Gasteiger partial charge is 0.319 e. The lowest BCUT2D eigenvalue weighted by Gasteiger charge is -2.10. The van der Waals surface area contributed by atoms with Crippen molar-refractivity contribution in [3.8, 4) is 5.69 Å². The molecular weight excluding hydrogens is 334 g/mol. The Kier molecular flexibility index (Phi) is 3.74. The van der Waals surface area contributed by atoms with Crippen LogP contribution in [-0.4, -0.2) is 25.9 Å². The van der Waals surface area contributed by atoms with Gasteiger partial charge in [0.15, 0.2) is 0 Å². The molecule has 0 aliphatic carbocycles. The number of nitrogens with one attached hydrogen (secondary N) is 1. The number of para-hydroxylation sites is 2. The van der Waals surface area contributed by atoms with Crippen molar-refractivity contribution in [2.45, 2.75) is 0 Å². The smallest absolute Gasteiger partial charge is 0.274 e. The molecule has 0 saturated carbocycles. The van der Waals surface area contributed by atoms with Gasteiger partial charge in [0.25, 0.3) is 5.91 Å². The second-order valence-corrected chi connectivity index (χ2v) is 4.98. The molecule has 0 aliphatic rings. The van der Waals surface area contributed by atoms with Crippen molar-refractivity contribution in [1.29, 1.82) is 0 Å². The Morgan fingerprint density at radius 2 is 2.00 bits per heavy atom. The number of carbonyl (C=O) groups excluding carboxylic acids is 1. The second kappa shape index (κ2) is 5.84. The summed E-state index contributed by atoms with van der Waals surface area (Å²) < 4.78 is 2.20. The normalized spacial score (nSPS) is 10.3. The fraction of sp³-hybridized carbons (Fsp3) is 0. The van der Waals surface area contributed by atoms with Crippen molar-refractivity contribution < 1.29 is 4.79 Å². The molecule has 0 atom stereocenters. The lowest BCUT2D eigenvalue weighted by molar-refractivity contribution is 0.102. The van der Waals surface area contributed by atoms with E-state index in [0.717, 1.165) is 5.69 Å². The van der Waals surface area contributed by atoms with Crippen LogP contribution in [0, 0.1) is 0 Å². The first-order valence-electron chi connectivity index (χ1n) is 6.14. The molecular formula is C14H10BrN5O. The van der Waals surface area contributed by atoms with Gasteiger partial charge in [0.1, 0.15) is 10.3 Å². The third kappa shape index (κ3) is 2.97. The standard InChI is InChI=1S/C14H10BrN5O/c15-13-7-3-5-11(17-13)14(21)18-10-4-1-2-6-12(10)20-9-8-16-19-20/h1-9H,(H,18,21). The second-order valence-electron chi connectivity index (χ2n) is 4.16. The van der Waals surface area contributed by atoms with Crippen molar-refractivity contribution in [1.82, 2.24) is 20.0 Å². The van der Waals surface area contributed by atoms with E-state index >= 15 is 0 Å². The Labute approximate surface area is 129 Å². The van der Waals surface area contributed by atoms with Crippen molar-refractivity contribution >= 4 is 27.5 Å². The van der Waals surface area contributed by atoms with E-state index in [-0.39, 0.29) is 5.91 Å². The molecule has 1 aromatic carbocycles. The number of halogens is 1. The van der Waals surface area contributed by atoms with Crippen molar-refractivity contribution in [3.63, 3.8) is 0 Å². The molecule has 1 amide bonds. The molecule has 3 aromatic rings. The summed E-state index contributed by atoms with van der Waals surface area (Å²) in [4.78, 5) is 16.4. The van der Waals surface area contributed by atoms with Crippen LogP contribution in [0.1, 0.15) is 10.5 Å². The maximum atomic E-state index is 12.2. The van der Waals surface area contributed by atoms with Crippen molar-refractivity contribution in [2.24, 2.45) is 0 Å². The van der Waals surface area contributed by atoms with Crippen LogP contribution in [0.15, 0.2) is 59.5 Å². The van der Waals surface area contributed by atoms with Gasteiger partial charge in [-0.15, -0.1) is 5.10 Å². The highest BCUT2D eigenvalue weighted by molar-refractivity contribution is 9.10. The Bertz CT molecular complexity index is 773. The number of pyridine rings is 1. The third-order valence-corrected chi connectivity index (χ3v) is 3.21. The highest BCUT2D eigenvalue weighted by Gasteiger charge is 2.11. The summed E-state index contributed by atoms with van der Waals surface area (Å²) >= 11 is 3.25. The molecule has 2 aromatic heterocycles. The average molecular weight is 344 g/mol. The van der Waals surface area contributed by atoms with E-state index in [2.05, 4.69) is 36.5 Å². The molecule has 2 heterocycles. The first-order valence-corrected chi connectivity index (χ1v) is 6.93. The van der Waals surface area contributed by atoms with Gasteiger partial charge in [0.05, 0.1) is 23.8 Å². The van der Waals surface area contributed by atoms with Gasteiger partial charge in [0.2, 0.25) is 0 Å². The van der Waals surface area contributed by atoms with E-state index in [1.807, 2.05) is 18.2 Å². The monoisotopic (exact) mass is 343 g/mol. The molecule has 0 fully saturated rings. The lowest BCUT2D eigenvalue weighted by atomic mass is 10.2. The summed E-state index contributed by atoms with van der Waals surface area (Å²) in [5, 5.41) is 10.5. The van der Waals surface area contributed by atoms with Gasteiger partial charge in [0, 0.05) is 0 Å². The maximum Gasteiger partial charge on any atom is 0.274 e. The Morgan fingerprint density at radius 3 is 2.76 bits per heavy atom. The maximum absolute atomic E-state index is 12.2. The Balaban J connectivity index is 1.90. The molecule has 6 nitrogen and oxygen atoms in total. The summed E-state index contributed by atoms with van der Waals surface area (Å²) in [5.41, 5.74) is 1.70. The van der Waals surface area contributed by atoms with Gasteiger partial charge in [-0.05, 0) is 40.2 Å². The zero-order valence-electron chi connectivity index (χ0n) is 10.8. The molecule has 1 N–H and O–H groups in total. The number of rotatable bonds is 3. The molecule has 21 heavy (non-hydrogen) atoms. The minimum Gasteiger partial charge on any atom is -0.319 e. The number of hydrogen-bond donors (Lipinski definition) is 1. The van der Waals surface area contributed by atoms with Crippen LogP contribution in [0.3, 0.4) is 0 Å². The van der Waals surface area contributed by atoms with Crippen LogP contribution in [0.2, 0.25) is 0 Å². The van der Waals surface area contributed by atoms with E-state index in [1.165, 1.54) is 0 Å². The van der Waals surface area contributed by atoms with Gasteiger partial charge in [-0.2, -0.15) is 0 Å². The minimum absolute atomic E-state index is 0.288. The summed E-state index contributed by atoms with van der Waals surface area (Å²) in [6.45, 7) is 0. The first-order chi connectivity index (χ1) is 10.2. The number of aromatic nitrogens is 4. The van der Waals surface area contributed by atoms with Crippen LogP contribution >= 0.6 is 15.9 Å². The molecule has 0 bridgehead atoms. The van der Waals surface area contributed by atoms with Gasteiger partial charge < -0.3 is 5.32 Å². The zero-order chi connectivity index (χ0) is 14.7. The summed E-state index contributed by atoms with van der Waals surface area (Å²) in [5.74, 6) is -0.288. The third-order valence-electron chi connectivity index (χ3n) is 2.77. The molecule has 0 aliphatic heterocycles. The Hall–Kier alpha value is -2.54. The SMILES string of the molecule is O=C(Nc1ccccc1-n1ccnn1)c1cccc(Br)n1. The average Bonchev–Trinajstić information content (AvgIpc) is 3.02. The van der Waals surface area contributed by atoms with E-state index in [1.54, 1.807) is 41.3 Å². The van der Waals surface area contributed by atoms with E-state index in [0.29, 0.717) is 16.0 Å². The fourth-order valence-corrected chi connectivity index (χ4v) is 2.18. The molecule has 7 heteroatoms. The number of amides is 1. The highest BCUT2D eigenvalue weighted by Crippen LogP contribution is 2.19. The van der Waals surface area contributed by atoms with Crippen LogP contribution < -0.4 is 5.32 Å². The number of benzene rings is 1. The molecule has 0 radical (unpaired) electrons. The van der Waals surface area contributed by atoms with Crippen molar-refractivity contribution in [2.75, 3.05) is 5.32 Å². The summed E-state index contributed by atoms with van der Waals surface area (Å²) in [7, 11) is 0. The van der Waals surface area contributed by atoms with E-state index in [4.69, 9.17) is 0 Å². The van der Waals surface area contributed by atoms with Crippen LogP contribution in [-0.2, 0) is 0 Å². The van der Waals surface area contributed by atoms with Crippen LogP contribution in [0.25, 0.3) is 5.69 Å². The summed E-state index contributed by atoms with van der Waals surface area (Å²) in [6.07, 6.45) is 3.29. The fourth-order valence-electron chi connectivity index (χ4n) is 1.84. The lowest BCUT2D eigenvalue weighted by Crippen LogP contribution is -2.15. The molecule has 0 saturated heterocycles. The molecule has 104 valence electrons. The number of carbonyl (C=O) groups is 1. The topological polar surface area (TPSA) is 72.7 Å². The van der Waals surface area contributed by atoms with E-state index < -0.39 is 0 Å². The van der Waals surface area contributed by atoms with Gasteiger partial charge in [-0.25, -0.2) is 9.67 Å². The Morgan fingerprint density at radius 1 is 1.14 bits per heavy atom.